The van der Waals surface area contributed by atoms with Crippen molar-refractivity contribution in [2.24, 2.45) is 0 Å². The Labute approximate surface area is 203 Å². The number of nitrogens with one attached hydrogen (secondary N) is 2. The van der Waals surface area contributed by atoms with Crippen molar-refractivity contribution in [3.05, 3.63) is 101 Å². The van der Waals surface area contributed by atoms with Gasteiger partial charge in [0.05, 0.1) is 17.0 Å². The lowest BCUT2D eigenvalue weighted by atomic mass is 10.1. The molecule has 0 aliphatic carbocycles. The topological polar surface area (TPSA) is 78.5 Å². The Kier molecular flexibility index (Phi) is 7.65. The smallest absolute Gasteiger partial charge is 0.255 e. The van der Waals surface area contributed by atoms with Crippen molar-refractivity contribution in [3.8, 4) is 0 Å². The zero-order valence-corrected chi connectivity index (χ0v) is 19.8. The Balaban J connectivity index is 1.46. The highest BCUT2D eigenvalue weighted by Gasteiger charge is 2.32. The van der Waals surface area contributed by atoms with Gasteiger partial charge in [0.2, 0.25) is 5.91 Å². The predicted octanol–water partition coefficient (Wildman–Crippen LogP) is 4.85. The molecule has 7 heteroatoms. The van der Waals surface area contributed by atoms with E-state index in [2.05, 4.69) is 10.6 Å². The quantitative estimate of drug-likeness (QED) is 0.490. The van der Waals surface area contributed by atoms with Crippen LogP contribution < -0.4 is 10.6 Å². The molecule has 1 saturated heterocycles. The minimum Gasteiger partial charge on any atom is -0.352 e. The molecule has 0 bridgehead atoms. The SMILES string of the molecule is CCCNC(=O)c1ccccc1NC(=O)c1ccc([C@H]2SCC(=O)N2Cc2ccccc2)cc1. The second kappa shape index (κ2) is 11.0. The number of nitrogens with zero attached hydrogens (tertiary/aromatic N) is 1. The molecular formula is C27H27N3O3S. The number of anilines is 1. The van der Waals surface area contributed by atoms with E-state index in [1.807, 2.05) is 54.3 Å². The summed E-state index contributed by atoms with van der Waals surface area (Å²) in [6, 6.07) is 24.2. The van der Waals surface area contributed by atoms with Crippen LogP contribution in [0.4, 0.5) is 5.69 Å². The zero-order chi connectivity index (χ0) is 23.9. The maximum atomic E-state index is 12.9. The molecule has 1 fully saturated rings. The van der Waals surface area contributed by atoms with E-state index in [0.717, 1.165) is 17.5 Å². The minimum atomic E-state index is -0.293. The maximum Gasteiger partial charge on any atom is 0.255 e. The van der Waals surface area contributed by atoms with Crippen LogP contribution in [0.1, 0.15) is 50.6 Å². The lowest BCUT2D eigenvalue weighted by Gasteiger charge is -2.24. The second-order valence-electron chi connectivity index (χ2n) is 8.05. The molecule has 6 nitrogen and oxygen atoms in total. The first-order valence-electron chi connectivity index (χ1n) is 11.3. The molecule has 0 unspecified atom stereocenters. The average Bonchev–Trinajstić information content (AvgIpc) is 3.23. The fraction of sp³-hybridized carbons (Fsp3) is 0.222. The molecule has 0 spiro atoms. The molecule has 3 aromatic rings. The van der Waals surface area contributed by atoms with Crippen molar-refractivity contribution >= 4 is 35.2 Å². The van der Waals surface area contributed by atoms with Gasteiger partial charge in [0.1, 0.15) is 5.37 Å². The highest BCUT2D eigenvalue weighted by molar-refractivity contribution is 8.00. The Morgan fingerprint density at radius 1 is 0.941 bits per heavy atom. The largest absolute Gasteiger partial charge is 0.352 e. The van der Waals surface area contributed by atoms with Gasteiger partial charge >= 0.3 is 0 Å². The van der Waals surface area contributed by atoms with Gasteiger partial charge in [-0.1, -0.05) is 61.5 Å². The molecule has 1 aliphatic rings. The van der Waals surface area contributed by atoms with Crippen LogP contribution in [0.2, 0.25) is 0 Å². The Morgan fingerprint density at radius 2 is 1.65 bits per heavy atom. The van der Waals surface area contributed by atoms with E-state index >= 15 is 0 Å². The molecule has 0 radical (unpaired) electrons. The molecular weight excluding hydrogens is 446 g/mol. The summed E-state index contributed by atoms with van der Waals surface area (Å²) in [5.74, 6) is 0.0446. The number of hydrogen-bond acceptors (Lipinski definition) is 4. The third-order valence-corrected chi connectivity index (χ3v) is 6.83. The first kappa shape index (κ1) is 23.6. The van der Waals surface area contributed by atoms with E-state index in [0.29, 0.717) is 35.7 Å². The van der Waals surface area contributed by atoms with Crippen molar-refractivity contribution in [2.45, 2.75) is 25.3 Å². The third-order valence-electron chi connectivity index (χ3n) is 5.58. The van der Waals surface area contributed by atoms with Crippen LogP contribution in [0.15, 0.2) is 78.9 Å². The van der Waals surface area contributed by atoms with Gasteiger partial charge in [-0.05, 0) is 41.8 Å². The summed E-state index contributed by atoms with van der Waals surface area (Å²) in [5.41, 5.74) is 3.44. The molecule has 4 rings (SSSR count). The summed E-state index contributed by atoms with van der Waals surface area (Å²) in [5, 5.41) is 5.60. The van der Waals surface area contributed by atoms with Gasteiger partial charge in [-0.25, -0.2) is 0 Å². The van der Waals surface area contributed by atoms with Crippen LogP contribution in [0.25, 0.3) is 0 Å². The van der Waals surface area contributed by atoms with Crippen molar-refractivity contribution < 1.29 is 14.4 Å². The molecule has 1 heterocycles. The van der Waals surface area contributed by atoms with E-state index in [1.165, 1.54) is 0 Å². The summed E-state index contributed by atoms with van der Waals surface area (Å²) in [6.45, 7) is 3.11. The lowest BCUT2D eigenvalue weighted by molar-refractivity contribution is -0.128. The molecule has 0 aromatic heterocycles. The molecule has 3 aromatic carbocycles. The minimum absolute atomic E-state index is 0.0900. The molecule has 0 saturated carbocycles. The van der Waals surface area contributed by atoms with Crippen molar-refractivity contribution in [1.29, 1.82) is 0 Å². The summed E-state index contributed by atoms with van der Waals surface area (Å²) in [6.07, 6.45) is 0.834. The Morgan fingerprint density at radius 3 is 2.38 bits per heavy atom. The maximum absolute atomic E-state index is 12.9. The number of para-hydroxylation sites is 1. The fourth-order valence-corrected chi connectivity index (χ4v) is 4.99. The number of hydrogen-bond donors (Lipinski definition) is 2. The van der Waals surface area contributed by atoms with E-state index in [-0.39, 0.29) is 23.1 Å². The molecule has 1 atom stereocenters. The van der Waals surface area contributed by atoms with Crippen LogP contribution in [-0.2, 0) is 11.3 Å². The zero-order valence-electron chi connectivity index (χ0n) is 19.0. The van der Waals surface area contributed by atoms with Gasteiger partial charge in [0.15, 0.2) is 0 Å². The monoisotopic (exact) mass is 473 g/mol. The van der Waals surface area contributed by atoms with Gasteiger partial charge in [0.25, 0.3) is 11.8 Å². The van der Waals surface area contributed by atoms with Gasteiger partial charge < -0.3 is 15.5 Å². The molecule has 3 amide bonds. The second-order valence-corrected chi connectivity index (χ2v) is 9.12. The number of carbonyl (C=O) groups is 3. The number of amides is 3. The molecule has 1 aliphatic heterocycles. The number of benzene rings is 3. The number of carbonyl (C=O) groups excluding carboxylic acids is 3. The van der Waals surface area contributed by atoms with Crippen molar-refractivity contribution in [2.75, 3.05) is 17.6 Å². The predicted molar refractivity (Wildman–Crippen MR) is 136 cm³/mol. The fourth-order valence-electron chi connectivity index (χ4n) is 3.80. The first-order valence-corrected chi connectivity index (χ1v) is 12.3. The van der Waals surface area contributed by atoms with E-state index < -0.39 is 0 Å². The number of rotatable bonds is 8. The summed E-state index contributed by atoms with van der Waals surface area (Å²) >= 11 is 1.59. The van der Waals surface area contributed by atoms with Gasteiger partial charge in [-0.2, -0.15) is 0 Å². The highest BCUT2D eigenvalue weighted by Crippen LogP contribution is 2.39. The summed E-state index contributed by atoms with van der Waals surface area (Å²) in [7, 11) is 0. The van der Waals surface area contributed by atoms with Crippen LogP contribution in [-0.4, -0.2) is 34.9 Å². The van der Waals surface area contributed by atoms with Crippen molar-refractivity contribution in [3.63, 3.8) is 0 Å². The van der Waals surface area contributed by atoms with Gasteiger partial charge in [0, 0.05) is 18.7 Å². The van der Waals surface area contributed by atoms with Gasteiger partial charge in [-0.15, -0.1) is 11.8 Å². The number of thioether (sulfide) groups is 1. The van der Waals surface area contributed by atoms with E-state index in [4.69, 9.17) is 0 Å². The molecule has 2 N–H and O–H groups in total. The molecule has 34 heavy (non-hydrogen) atoms. The third kappa shape index (κ3) is 5.48. The van der Waals surface area contributed by atoms with Gasteiger partial charge in [-0.3, -0.25) is 14.4 Å². The van der Waals surface area contributed by atoms with Crippen molar-refractivity contribution in [1.82, 2.24) is 10.2 Å². The average molecular weight is 474 g/mol. The van der Waals surface area contributed by atoms with E-state index in [1.54, 1.807) is 48.2 Å². The van der Waals surface area contributed by atoms with Crippen LogP contribution >= 0.6 is 11.8 Å². The highest BCUT2D eigenvalue weighted by atomic mass is 32.2. The Hall–Kier alpha value is -3.58. The first-order chi connectivity index (χ1) is 16.6. The van der Waals surface area contributed by atoms with Crippen LogP contribution in [0.3, 0.4) is 0 Å². The molecule has 174 valence electrons. The van der Waals surface area contributed by atoms with Crippen LogP contribution in [0, 0.1) is 0 Å². The Bertz CT molecular complexity index is 1170. The summed E-state index contributed by atoms with van der Waals surface area (Å²) < 4.78 is 0. The van der Waals surface area contributed by atoms with E-state index in [9.17, 15) is 14.4 Å². The summed E-state index contributed by atoms with van der Waals surface area (Å²) in [4.78, 5) is 39.7. The standard InChI is InChI=1S/C27H27N3O3S/c1-2-16-28-26(33)22-10-6-7-11-23(22)29-25(32)20-12-14-21(15-13-20)27-30(24(31)18-34-27)17-19-8-4-3-5-9-19/h3-15,27H,2,16-18H2,1H3,(H,28,33)(H,29,32)/t27-/m1/s1. The van der Waals surface area contributed by atoms with Crippen LogP contribution in [0.5, 0.6) is 0 Å². The lowest BCUT2D eigenvalue weighted by Crippen LogP contribution is -2.27. The normalized spacial score (nSPS) is 15.3.